The number of nitrogens with one attached hydrogen (secondary N) is 1. The molecule has 0 aromatic heterocycles. The Kier molecular flexibility index (Phi) is 5.04. The Morgan fingerprint density at radius 3 is 2.80 bits per heavy atom. The van der Waals surface area contributed by atoms with Crippen molar-refractivity contribution in [3.8, 4) is 0 Å². The molecular weight excluding hydrogens is 252 g/mol. The summed E-state index contributed by atoms with van der Waals surface area (Å²) >= 11 is 0. The van der Waals surface area contributed by atoms with Gasteiger partial charge in [0, 0.05) is 18.6 Å². The van der Waals surface area contributed by atoms with Crippen molar-refractivity contribution < 1.29 is 4.79 Å². The minimum atomic E-state index is -0.477. The summed E-state index contributed by atoms with van der Waals surface area (Å²) in [6.07, 6.45) is 5.38. The minimum Gasteiger partial charge on any atom is -0.368 e. The molecule has 20 heavy (non-hydrogen) atoms. The number of carbonyl (C=O) groups is 1. The Labute approximate surface area is 122 Å². The number of carbonyl (C=O) groups excluding carboxylic acids is 1. The molecule has 5 heteroatoms. The third-order valence-electron chi connectivity index (χ3n) is 5.27. The molecule has 5 nitrogen and oxygen atoms in total. The second-order valence-corrected chi connectivity index (χ2v) is 6.59. The lowest BCUT2D eigenvalue weighted by atomic mass is 9.96. The molecule has 1 aliphatic heterocycles. The van der Waals surface area contributed by atoms with E-state index in [1.807, 2.05) is 6.92 Å². The van der Waals surface area contributed by atoms with Crippen LogP contribution in [0.3, 0.4) is 0 Å². The van der Waals surface area contributed by atoms with Crippen LogP contribution in [0.5, 0.6) is 0 Å². The Balaban J connectivity index is 1.92. The van der Waals surface area contributed by atoms with Gasteiger partial charge in [-0.05, 0) is 59.3 Å². The molecule has 0 aromatic rings. The molecule has 3 unspecified atom stereocenters. The molecule has 2 fully saturated rings. The van der Waals surface area contributed by atoms with E-state index in [2.05, 4.69) is 29.2 Å². The van der Waals surface area contributed by atoms with Crippen molar-refractivity contribution in [1.29, 1.82) is 0 Å². The van der Waals surface area contributed by atoms with Crippen molar-refractivity contribution in [1.82, 2.24) is 15.1 Å². The highest BCUT2D eigenvalue weighted by Crippen LogP contribution is 2.33. The van der Waals surface area contributed by atoms with E-state index in [0.717, 1.165) is 32.4 Å². The first kappa shape index (κ1) is 15.7. The van der Waals surface area contributed by atoms with Crippen LogP contribution in [0.15, 0.2) is 0 Å². The first-order valence-corrected chi connectivity index (χ1v) is 7.94. The highest BCUT2D eigenvalue weighted by atomic mass is 16.1. The molecule has 0 aromatic carbocycles. The molecule has 116 valence electrons. The first-order valence-electron chi connectivity index (χ1n) is 7.94. The average molecular weight is 282 g/mol. The lowest BCUT2D eigenvalue weighted by Crippen LogP contribution is -2.54. The molecule has 0 bridgehead atoms. The van der Waals surface area contributed by atoms with Gasteiger partial charge < -0.3 is 20.9 Å². The number of hydrogen-bond donors (Lipinski definition) is 2. The van der Waals surface area contributed by atoms with E-state index >= 15 is 0 Å². The number of amides is 1. The van der Waals surface area contributed by atoms with Crippen LogP contribution in [0, 0.1) is 0 Å². The minimum absolute atomic E-state index is 0.187. The van der Waals surface area contributed by atoms with Gasteiger partial charge in [0.25, 0.3) is 0 Å². The predicted octanol–water partition coefficient (Wildman–Crippen LogP) is 0.399. The summed E-state index contributed by atoms with van der Waals surface area (Å²) in [5, 5.41) is 3.33. The molecule has 3 N–H and O–H groups in total. The molecule has 1 heterocycles. The molecule has 3 atom stereocenters. The van der Waals surface area contributed by atoms with E-state index in [1.54, 1.807) is 0 Å². The van der Waals surface area contributed by atoms with Crippen LogP contribution in [0.4, 0.5) is 0 Å². The van der Waals surface area contributed by atoms with Gasteiger partial charge in [-0.15, -0.1) is 0 Å². The number of nitrogens with zero attached hydrogens (tertiary/aromatic N) is 2. The second kappa shape index (κ2) is 6.41. The molecule has 1 amide bonds. The van der Waals surface area contributed by atoms with Gasteiger partial charge in [0.05, 0.1) is 5.54 Å². The van der Waals surface area contributed by atoms with Crippen molar-refractivity contribution in [2.75, 3.05) is 33.7 Å². The maximum absolute atomic E-state index is 11.8. The van der Waals surface area contributed by atoms with E-state index < -0.39 is 5.54 Å². The summed E-state index contributed by atoms with van der Waals surface area (Å²) in [7, 11) is 4.41. The number of rotatable bonds is 6. The van der Waals surface area contributed by atoms with E-state index in [4.69, 9.17) is 5.73 Å². The van der Waals surface area contributed by atoms with Gasteiger partial charge in [0.2, 0.25) is 5.91 Å². The summed E-state index contributed by atoms with van der Waals surface area (Å²) in [6.45, 7) is 5.15. The van der Waals surface area contributed by atoms with Crippen molar-refractivity contribution in [3.05, 3.63) is 0 Å². The monoisotopic (exact) mass is 282 g/mol. The van der Waals surface area contributed by atoms with Crippen LogP contribution in [0.1, 0.15) is 39.0 Å². The van der Waals surface area contributed by atoms with Gasteiger partial charge >= 0.3 is 0 Å². The number of primary amides is 1. The molecular formula is C15H30N4O. The highest BCUT2D eigenvalue weighted by Gasteiger charge is 2.44. The third kappa shape index (κ3) is 3.15. The largest absolute Gasteiger partial charge is 0.368 e. The summed E-state index contributed by atoms with van der Waals surface area (Å²) < 4.78 is 0. The fraction of sp³-hybridized carbons (Fsp3) is 0.933. The standard InChI is InChI=1S/C15H30N4O/c1-4-17-15(14(16)20)8-7-12(10-15)19(3)11-13-6-5-9-18(13)2/h12-13,17H,4-11H2,1-3H3,(H2,16,20). The van der Waals surface area contributed by atoms with Gasteiger partial charge in [-0.2, -0.15) is 0 Å². The van der Waals surface area contributed by atoms with E-state index in [9.17, 15) is 4.79 Å². The fourth-order valence-corrected chi connectivity index (χ4v) is 3.90. The molecule has 1 saturated carbocycles. The van der Waals surface area contributed by atoms with Gasteiger partial charge in [-0.25, -0.2) is 0 Å². The summed E-state index contributed by atoms with van der Waals surface area (Å²) in [5.41, 5.74) is 5.16. The van der Waals surface area contributed by atoms with Crippen LogP contribution >= 0.6 is 0 Å². The fourth-order valence-electron chi connectivity index (χ4n) is 3.90. The van der Waals surface area contributed by atoms with Gasteiger partial charge in [0.15, 0.2) is 0 Å². The number of nitrogens with two attached hydrogens (primary N) is 1. The maximum Gasteiger partial charge on any atom is 0.237 e. The SMILES string of the molecule is CCNC1(C(N)=O)CCC(N(C)CC2CCCN2C)C1. The normalized spacial score (nSPS) is 35.0. The van der Waals surface area contributed by atoms with Crippen LogP contribution in [-0.4, -0.2) is 67.1 Å². The summed E-state index contributed by atoms with van der Waals surface area (Å²) in [6, 6.07) is 1.14. The number of hydrogen-bond acceptors (Lipinski definition) is 4. The molecule has 1 saturated heterocycles. The third-order valence-corrected chi connectivity index (χ3v) is 5.27. The van der Waals surface area contributed by atoms with E-state index in [1.165, 1.54) is 19.4 Å². The number of likely N-dealkylation sites (N-methyl/N-ethyl adjacent to an activating group) is 3. The van der Waals surface area contributed by atoms with Crippen LogP contribution < -0.4 is 11.1 Å². The molecule has 1 aliphatic carbocycles. The lowest BCUT2D eigenvalue weighted by Gasteiger charge is -2.32. The Morgan fingerprint density at radius 1 is 1.50 bits per heavy atom. The van der Waals surface area contributed by atoms with E-state index in [-0.39, 0.29) is 5.91 Å². The summed E-state index contributed by atoms with van der Waals surface area (Å²) in [5.74, 6) is -0.187. The zero-order valence-corrected chi connectivity index (χ0v) is 13.2. The Hall–Kier alpha value is -0.650. The number of likely N-dealkylation sites (tertiary alicyclic amines) is 1. The van der Waals surface area contributed by atoms with Gasteiger partial charge in [-0.1, -0.05) is 6.92 Å². The van der Waals surface area contributed by atoms with Crippen molar-refractivity contribution in [2.24, 2.45) is 5.73 Å². The molecule has 0 radical (unpaired) electrons. The lowest BCUT2D eigenvalue weighted by molar-refractivity contribution is -0.124. The topological polar surface area (TPSA) is 61.6 Å². The summed E-state index contributed by atoms with van der Waals surface area (Å²) in [4.78, 5) is 16.7. The van der Waals surface area contributed by atoms with Crippen molar-refractivity contribution >= 4 is 5.91 Å². The van der Waals surface area contributed by atoms with Crippen molar-refractivity contribution in [3.63, 3.8) is 0 Å². The Morgan fingerprint density at radius 2 is 2.25 bits per heavy atom. The zero-order chi connectivity index (χ0) is 14.8. The Bertz CT molecular complexity index is 349. The van der Waals surface area contributed by atoms with Gasteiger partial charge in [0.1, 0.15) is 0 Å². The van der Waals surface area contributed by atoms with Crippen molar-refractivity contribution in [2.45, 2.75) is 56.7 Å². The zero-order valence-electron chi connectivity index (χ0n) is 13.2. The van der Waals surface area contributed by atoms with Crippen LogP contribution in [-0.2, 0) is 4.79 Å². The predicted molar refractivity (Wildman–Crippen MR) is 81.5 cm³/mol. The van der Waals surface area contributed by atoms with Crippen LogP contribution in [0.2, 0.25) is 0 Å². The molecule has 2 aliphatic rings. The van der Waals surface area contributed by atoms with Gasteiger partial charge in [-0.3, -0.25) is 4.79 Å². The van der Waals surface area contributed by atoms with E-state index in [0.29, 0.717) is 12.1 Å². The quantitative estimate of drug-likeness (QED) is 0.740. The average Bonchev–Trinajstić information content (AvgIpc) is 2.98. The maximum atomic E-state index is 11.8. The smallest absolute Gasteiger partial charge is 0.237 e. The first-order chi connectivity index (χ1) is 9.48. The highest BCUT2D eigenvalue weighted by molar-refractivity contribution is 5.85. The second-order valence-electron chi connectivity index (χ2n) is 6.59. The van der Waals surface area contributed by atoms with Crippen LogP contribution in [0.25, 0.3) is 0 Å². The molecule has 0 spiro atoms. The molecule has 2 rings (SSSR count).